The number of hydrogen-bond donors (Lipinski definition) is 0. The van der Waals surface area contributed by atoms with Crippen molar-refractivity contribution in [3.63, 3.8) is 0 Å². The lowest BCUT2D eigenvalue weighted by molar-refractivity contribution is 0.112. The average Bonchev–Trinajstić information content (AvgIpc) is 2.61. The summed E-state index contributed by atoms with van der Waals surface area (Å²) < 4.78 is 10.7. The molecule has 2 radical (unpaired) electrons. The smallest absolute Gasteiger partial charge is 0.221 e. The zero-order valence-corrected chi connectivity index (χ0v) is 13.5. The van der Waals surface area contributed by atoms with Gasteiger partial charge in [-0.2, -0.15) is 10.2 Å². The first-order valence-corrected chi connectivity index (χ1v) is 7.22. The second-order valence-corrected chi connectivity index (χ2v) is 5.06. The number of carbonyl (C=O) groups excluding carboxylic acids is 1. The van der Waals surface area contributed by atoms with E-state index in [9.17, 15) is 10.1 Å². The van der Waals surface area contributed by atoms with Gasteiger partial charge in [-0.3, -0.25) is 4.79 Å². The predicted molar refractivity (Wildman–Crippen MR) is 91.4 cm³/mol. The Kier molecular flexibility index (Phi) is 5.93. The predicted octanol–water partition coefficient (Wildman–Crippen LogP) is 1.43. The van der Waals surface area contributed by atoms with Gasteiger partial charge in [-0.05, 0) is 18.2 Å². The Morgan fingerprint density at radius 1 is 1.38 bits per heavy atom. The number of pyridine rings is 1. The third-order valence-corrected chi connectivity index (χ3v) is 3.37. The summed E-state index contributed by atoms with van der Waals surface area (Å²) in [4.78, 5) is 17.1. The van der Waals surface area contributed by atoms with E-state index >= 15 is 0 Å². The molecule has 0 aliphatic heterocycles. The molecule has 0 unspecified atom stereocenters. The van der Waals surface area contributed by atoms with Crippen LogP contribution in [-0.4, -0.2) is 46.4 Å². The van der Waals surface area contributed by atoms with Crippen LogP contribution in [0, 0.1) is 11.3 Å². The van der Waals surface area contributed by atoms with Gasteiger partial charge in [0.25, 0.3) is 0 Å². The second-order valence-electron chi connectivity index (χ2n) is 5.06. The molecule has 0 amide bonds. The molecule has 0 fully saturated rings. The molecule has 120 valence electrons. The maximum absolute atomic E-state index is 11.0. The summed E-state index contributed by atoms with van der Waals surface area (Å²) in [6.45, 7) is 1.09. The maximum atomic E-state index is 11.0. The minimum Gasteiger partial charge on any atom is -0.439 e. The van der Waals surface area contributed by atoms with Gasteiger partial charge in [-0.1, -0.05) is 11.5 Å². The SMILES string of the molecule is [B]c1ccc(Oc2ccc(C#N)c(N(C)CCOC)n2)cc1C=O. The van der Waals surface area contributed by atoms with E-state index in [0.717, 1.165) is 0 Å². The van der Waals surface area contributed by atoms with Crippen LogP contribution < -0.4 is 15.1 Å². The van der Waals surface area contributed by atoms with Crippen LogP contribution in [0.25, 0.3) is 0 Å². The van der Waals surface area contributed by atoms with Gasteiger partial charge in [-0.15, -0.1) is 0 Å². The summed E-state index contributed by atoms with van der Waals surface area (Å²) in [5.41, 5.74) is 1.16. The molecular weight excluding hydrogens is 305 g/mol. The molecule has 1 aromatic carbocycles. The van der Waals surface area contributed by atoms with Gasteiger partial charge in [0.05, 0.1) is 12.2 Å². The first kappa shape index (κ1) is 17.5. The lowest BCUT2D eigenvalue weighted by atomic mass is 9.91. The molecular formula is C17H16BN3O3. The molecule has 0 aliphatic rings. The van der Waals surface area contributed by atoms with E-state index in [4.69, 9.17) is 17.3 Å². The summed E-state index contributed by atoms with van der Waals surface area (Å²) >= 11 is 0. The van der Waals surface area contributed by atoms with Crippen LogP contribution >= 0.6 is 0 Å². The molecule has 2 rings (SSSR count). The zero-order valence-electron chi connectivity index (χ0n) is 13.5. The number of methoxy groups -OCH3 is 1. The van der Waals surface area contributed by atoms with E-state index in [0.29, 0.717) is 53.5 Å². The van der Waals surface area contributed by atoms with E-state index in [1.807, 2.05) is 11.9 Å². The van der Waals surface area contributed by atoms with Crippen molar-refractivity contribution in [1.82, 2.24) is 4.98 Å². The molecule has 7 heteroatoms. The number of nitriles is 1. The average molecular weight is 321 g/mol. The normalized spacial score (nSPS) is 10.0. The maximum Gasteiger partial charge on any atom is 0.221 e. The highest BCUT2D eigenvalue weighted by Crippen LogP contribution is 2.24. The zero-order chi connectivity index (χ0) is 17.5. The van der Waals surface area contributed by atoms with E-state index in [2.05, 4.69) is 11.1 Å². The van der Waals surface area contributed by atoms with Gasteiger partial charge in [0.2, 0.25) is 5.88 Å². The molecule has 0 saturated heterocycles. The number of nitrogens with zero attached hydrogens (tertiary/aromatic N) is 3. The molecule has 0 aliphatic carbocycles. The van der Waals surface area contributed by atoms with Crippen molar-refractivity contribution in [3.8, 4) is 17.7 Å². The molecule has 0 atom stereocenters. The Bertz CT molecular complexity index is 774. The van der Waals surface area contributed by atoms with Gasteiger partial charge < -0.3 is 14.4 Å². The first-order valence-electron chi connectivity index (χ1n) is 7.22. The van der Waals surface area contributed by atoms with Crippen molar-refractivity contribution in [2.75, 3.05) is 32.2 Å². The van der Waals surface area contributed by atoms with Crippen LogP contribution in [0.2, 0.25) is 0 Å². The molecule has 1 aromatic heterocycles. The van der Waals surface area contributed by atoms with E-state index in [1.165, 1.54) is 6.07 Å². The van der Waals surface area contributed by atoms with Crippen molar-refractivity contribution in [1.29, 1.82) is 5.26 Å². The van der Waals surface area contributed by atoms with E-state index < -0.39 is 0 Å². The third-order valence-electron chi connectivity index (χ3n) is 3.37. The van der Waals surface area contributed by atoms with Crippen molar-refractivity contribution in [2.24, 2.45) is 0 Å². The standard InChI is InChI=1S/C17H16BN3O3/c1-21(7-8-23-2)17-12(10-19)3-6-16(20-17)24-14-4-5-15(18)13(9-14)11-22/h3-6,9,11H,7-8H2,1-2H3. The van der Waals surface area contributed by atoms with Gasteiger partial charge >= 0.3 is 0 Å². The van der Waals surface area contributed by atoms with Crippen molar-refractivity contribution in [3.05, 3.63) is 41.5 Å². The summed E-state index contributed by atoms with van der Waals surface area (Å²) in [7, 11) is 9.11. The fourth-order valence-corrected chi connectivity index (χ4v) is 2.04. The van der Waals surface area contributed by atoms with Crippen LogP contribution in [-0.2, 0) is 4.74 Å². The molecule has 0 spiro atoms. The summed E-state index contributed by atoms with van der Waals surface area (Å²) in [6.07, 6.45) is 0.665. The number of anilines is 1. The number of aldehydes is 1. The Hall–Kier alpha value is -2.85. The largest absolute Gasteiger partial charge is 0.439 e. The lowest BCUT2D eigenvalue weighted by Gasteiger charge is -2.19. The van der Waals surface area contributed by atoms with Crippen LogP contribution in [0.1, 0.15) is 15.9 Å². The fourth-order valence-electron chi connectivity index (χ4n) is 2.04. The lowest BCUT2D eigenvalue weighted by Crippen LogP contribution is -2.24. The number of aromatic nitrogens is 1. The topological polar surface area (TPSA) is 75.4 Å². The summed E-state index contributed by atoms with van der Waals surface area (Å²) in [6, 6.07) is 10.1. The van der Waals surface area contributed by atoms with Crippen molar-refractivity contribution in [2.45, 2.75) is 0 Å². The first-order chi connectivity index (χ1) is 11.6. The molecule has 0 N–H and O–H groups in total. The Morgan fingerprint density at radius 2 is 2.17 bits per heavy atom. The number of benzene rings is 1. The van der Waals surface area contributed by atoms with Crippen molar-refractivity contribution < 1.29 is 14.3 Å². The number of carbonyl (C=O) groups is 1. The van der Waals surface area contributed by atoms with Gasteiger partial charge in [0.15, 0.2) is 0 Å². The molecule has 1 heterocycles. The number of likely N-dealkylation sites (N-methyl/N-ethyl adjacent to an activating group) is 1. The highest BCUT2D eigenvalue weighted by molar-refractivity contribution is 6.35. The Labute approximate surface area is 142 Å². The number of ether oxygens (including phenoxy) is 2. The Morgan fingerprint density at radius 3 is 2.83 bits per heavy atom. The second kappa shape index (κ2) is 8.13. The van der Waals surface area contributed by atoms with Crippen molar-refractivity contribution >= 4 is 25.4 Å². The molecule has 0 saturated carbocycles. The van der Waals surface area contributed by atoms with Gasteiger partial charge in [0, 0.05) is 32.3 Å². The number of hydrogen-bond acceptors (Lipinski definition) is 6. The van der Waals surface area contributed by atoms with Gasteiger partial charge in [0.1, 0.15) is 31.8 Å². The summed E-state index contributed by atoms with van der Waals surface area (Å²) in [5, 5.41) is 9.23. The molecule has 6 nitrogen and oxygen atoms in total. The van der Waals surface area contributed by atoms with Crippen LogP contribution in [0.3, 0.4) is 0 Å². The monoisotopic (exact) mass is 321 g/mol. The Balaban J connectivity index is 2.28. The summed E-state index contributed by atoms with van der Waals surface area (Å²) in [5.74, 6) is 1.25. The highest BCUT2D eigenvalue weighted by Gasteiger charge is 2.12. The van der Waals surface area contributed by atoms with E-state index in [-0.39, 0.29) is 0 Å². The molecule has 2 aromatic rings. The molecule has 24 heavy (non-hydrogen) atoms. The highest BCUT2D eigenvalue weighted by atomic mass is 16.5. The molecule has 0 bridgehead atoms. The van der Waals surface area contributed by atoms with Gasteiger partial charge in [-0.25, -0.2) is 0 Å². The van der Waals surface area contributed by atoms with Crippen LogP contribution in [0.4, 0.5) is 5.82 Å². The third kappa shape index (κ3) is 4.12. The van der Waals surface area contributed by atoms with Crippen LogP contribution in [0.5, 0.6) is 11.6 Å². The van der Waals surface area contributed by atoms with Crippen LogP contribution in [0.15, 0.2) is 30.3 Å². The van der Waals surface area contributed by atoms with E-state index in [1.54, 1.807) is 31.4 Å². The minimum atomic E-state index is 0.315. The fraction of sp³-hybridized carbons (Fsp3) is 0.235. The number of rotatable bonds is 7. The minimum absolute atomic E-state index is 0.315. The quantitative estimate of drug-likeness (QED) is 0.567.